The highest BCUT2D eigenvalue weighted by molar-refractivity contribution is 9.10. The quantitative estimate of drug-likeness (QED) is 0.240. The van der Waals surface area contributed by atoms with Gasteiger partial charge in [-0.15, -0.1) is 0 Å². The van der Waals surface area contributed by atoms with Crippen molar-refractivity contribution in [3.63, 3.8) is 0 Å². The first kappa shape index (κ1) is 22.1. The molecule has 2 aliphatic heterocycles. The lowest BCUT2D eigenvalue weighted by Crippen LogP contribution is -2.17. The van der Waals surface area contributed by atoms with Crippen LogP contribution >= 0.6 is 31.9 Å². The molecule has 34 heavy (non-hydrogen) atoms. The summed E-state index contributed by atoms with van der Waals surface area (Å²) in [5.74, 6) is 0. The number of rotatable bonds is 4. The Labute approximate surface area is 217 Å². The van der Waals surface area contributed by atoms with E-state index in [0.29, 0.717) is 0 Å². The molecule has 2 nitrogen and oxygen atoms in total. The first-order valence-corrected chi connectivity index (χ1v) is 13.2. The van der Waals surface area contributed by atoms with E-state index in [2.05, 4.69) is 142 Å². The van der Waals surface area contributed by atoms with Gasteiger partial charge >= 0.3 is 0 Å². The molecule has 2 heterocycles. The van der Waals surface area contributed by atoms with Gasteiger partial charge in [0.2, 0.25) is 0 Å². The third-order valence-electron chi connectivity index (χ3n) is 7.30. The summed E-state index contributed by atoms with van der Waals surface area (Å²) in [4.78, 5) is 2.29. The summed E-state index contributed by atoms with van der Waals surface area (Å²) in [6, 6.07) is 32.6. The molecule has 0 amide bonds. The minimum Gasteiger partial charge on any atom is -0.360 e. The van der Waals surface area contributed by atoms with Gasteiger partial charge in [-0.3, -0.25) is 0 Å². The van der Waals surface area contributed by atoms with Gasteiger partial charge in [0.1, 0.15) is 0 Å². The van der Waals surface area contributed by atoms with Crippen LogP contribution in [0.15, 0.2) is 99.9 Å². The van der Waals surface area contributed by atoms with Crippen LogP contribution in [0.4, 0.5) is 17.1 Å². The maximum Gasteiger partial charge on any atom is 0.0920 e. The van der Waals surface area contributed by atoms with E-state index >= 15 is 0 Å². The van der Waals surface area contributed by atoms with Gasteiger partial charge in [0.25, 0.3) is 0 Å². The average Bonchev–Trinajstić information content (AvgIpc) is 3.29. The van der Waals surface area contributed by atoms with E-state index < -0.39 is 0 Å². The van der Waals surface area contributed by atoms with Crippen molar-refractivity contribution in [2.24, 2.45) is 0 Å². The molecule has 4 heteroatoms. The summed E-state index contributed by atoms with van der Waals surface area (Å²) in [5.41, 5.74) is 8.19. The summed E-state index contributed by atoms with van der Waals surface area (Å²) >= 11 is 7.14. The van der Waals surface area contributed by atoms with Crippen molar-refractivity contribution in [1.29, 1.82) is 0 Å². The second-order valence-electron chi connectivity index (χ2n) is 9.66. The Morgan fingerprint density at radius 1 is 0.618 bits per heavy atom. The fourth-order valence-corrected chi connectivity index (χ4v) is 6.06. The topological polar surface area (TPSA) is 12.5 Å². The molecule has 1 fully saturated rings. The van der Waals surface area contributed by atoms with Gasteiger partial charge in [-0.25, -0.2) is 0 Å². The first-order chi connectivity index (χ1) is 16.3. The van der Waals surface area contributed by atoms with Crippen LogP contribution in [-0.2, 0) is 15.9 Å². The van der Waals surface area contributed by atoms with Gasteiger partial charge in [0, 0.05) is 26.0 Å². The monoisotopic (exact) mass is 573 g/mol. The van der Waals surface area contributed by atoms with E-state index in [1.165, 1.54) is 22.3 Å². The van der Waals surface area contributed by atoms with Crippen LogP contribution in [0.3, 0.4) is 0 Å². The van der Waals surface area contributed by atoms with Crippen LogP contribution in [0.5, 0.6) is 0 Å². The molecule has 2 atom stereocenters. The average molecular weight is 575 g/mol. The van der Waals surface area contributed by atoms with Gasteiger partial charge in [-0.2, -0.15) is 0 Å². The SMILES string of the molecule is CC12CCC(C)(O1)c1cc(-c3cccc(N(c4ccc(Br)cc4)c4ccc(Br)cc4)c3)ccc12. The van der Waals surface area contributed by atoms with Crippen LogP contribution in [0.1, 0.15) is 37.8 Å². The lowest BCUT2D eigenvalue weighted by molar-refractivity contribution is -0.0662. The summed E-state index contributed by atoms with van der Waals surface area (Å²) in [5, 5.41) is 0. The molecule has 0 aliphatic carbocycles. The third kappa shape index (κ3) is 3.64. The molecular formula is C30H25Br2NO. The highest BCUT2D eigenvalue weighted by Crippen LogP contribution is 2.58. The Hall–Kier alpha value is -2.40. The number of halogens is 2. The zero-order valence-electron chi connectivity index (χ0n) is 19.2. The Morgan fingerprint density at radius 2 is 1.18 bits per heavy atom. The van der Waals surface area contributed by atoms with Crippen molar-refractivity contribution in [2.75, 3.05) is 4.90 Å². The number of nitrogens with zero attached hydrogens (tertiary/aromatic N) is 1. The normalized spacial score (nSPS) is 22.6. The Bertz CT molecular complexity index is 1340. The molecular weight excluding hydrogens is 550 g/mol. The minimum absolute atomic E-state index is 0.134. The number of hydrogen-bond acceptors (Lipinski definition) is 2. The molecule has 170 valence electrons. The number of hydrogen-bond donors (Lipinski definition) is 0. The zero-order valence-corrected chi connectivity index (χ0v) is 22.4. The zero-order chi connectivity index (χ0) is 23.5. The Kier molecular flexibility index (Phi) is 5.25. The Morgan fingerprint density at radius 3 is 1.79 bits per heavy atom. The summed E-state index contributed by atoms with van der Waals surface area (Å²) in [7, 11) is 0. The molecule has 6 rings (SSSR count). The maximum absolute atomic E-state index is 6.49. The van der Waals surface area contributed by atoms with Crippen molar-refractivity contribution in [2.45, 2.75) is 37.9 Å². The highest BCUT2D eigenvalue weighted by Gasteiger charge is 2.54. The smallest absolute Gasteiger partial charge is 0.0920 e. The molecule has 0 radical (unpaired) electrons. The first-order valence-electron chi connectivity index (χ1n) is 11.6. The number of anilines is 3. The van der Waals surface area contributed by atoms with Crippen molar-refractivity contribution in [1.82, 2.24) is 0 Å². The Balaban J connectivity index is 1.44. The predicted molar refractivity (Wildman–Crippen MR) is 147 cm³/mol. The molecule has 1 saturated heterocycles. The molecule has 0 spiro atoms. The molecule has 0 aromatic heterocycles. The lowest BCUT2D eigenvalue weighted by Gasteiger charge is -2.26. The van der Waals surface area contributed by atoms with Gasteiger partial charge in [0.15, 0.2) is 0 Å². The van der Waals surface area contributed by atoms with Crippen LogP contribution in [0, 0.1) is 0 Å². The van der Waals surface area contributed by atoms with E-state index in [1.54, 1.807) is 0 Å². The molecule has 4 aromatic rings. The van der Waals surface area contributed by atoms with E-state index in [0.717, 1.165) is 38.8 Å². The number of benzene rings is 4. The van der Waals surface area contributed by atoms with E-state index in [-0.39, 0.29) is 11.2 Å². The van der Waals surface area contributed by atoms with Gasteiger partial charge in [0.05, 0.1) is 11.2 Å². The lowest BCUT2D eigenvalue weighted by atomic mass is 9.77. The largest absolute Gasteiger partial charge is 0.360 e. The molecule has 4 aromatic carbocycles. The number of fused-ring (bicyclic) bond motifs is 5. The van der Waals surface area contributed by atoms with Crippen molar-refractivity contribution in [3.05, 3.63) is 111 Å². The van der Waals surface area contributed by atoms with Gasteiger partial charge < -0.3 is 9.64 Å². The van der Waals surface area contributed by atoms with Crippen molar-refractivity contribution < 1.29 is 4.74 Å². The van der Waals surface area contributed by atoms with Crippen LogP contribution in [-0.4, -0.2) is 0 Å². The van der Waals surface area contributed by atoms with Gasteiger partial charge in [-0.05, 0) is 116 Å². The fourth-order valence-electron chi connectivity index (χ4n) is 5.53. The van der Waals surface area contributed by atoms with Crippen LogP contribution in [0.2, 0.25) is 0 Å². The molecule has 0 N–H and O–H groups in total. The molecule has 2 unspecified atom stereocenters. The molecule has 2 aliphatic rings. The van der Waals surface area contributed by atoms with Crippen molar-refractivity contribution >= 4 is 48.9 Å². The predicted octanol–water partition coefficient (Wildman–Crippen LogP) is 9.60. The van der Waals surface area contributed by atoms with Crippen molar-refractivity contribution in [3.8, 4) is 11.1 Å². The summed E-state index contributed by atoms with van der Waals surface area (Å²) < 4.78 is 8.62. The summed E-state index contributed by atoms with van der Waals surface area (Å²) in [6.07, 6.45) is 2.18. The van der Waals surface area contributed by atoms with E-state index in [9.17, 15) is 0 Å². The third-order valence-corrected chi connectivity index (χ3v) is 8.35. The number of ether oxygens (including phenoxy) is 1. The fraction of sp³-hybridized carbons (Fsp3) is 0.200. The molecule has 2 bridgehead atoms. The second-order valence-corrected chi connectivity index (χ2v) is 11.5. The van der Waals surface area contributed by atoms with Crippen LogP contribution in [0.25, 0.3) is 11.1 Å². The molecule has 0 saturated carbocycles. The second kappa shape index (κ2) is 8.08. The van der Waals surface area contributed by atoms with E-state index in [4.69, 9.17) is 4.74 Å². The summed E-state index contributed by atoms with van der Waals surface area (Å²) in [6.45, 7) is 4.48. The maximum atomic E-state index is 6.49. The standard InChI is InChI=1S/C30H25Br2NO/c1-29-16-17-30(2,34-29)28-19-21(6-15-27(28)29)20-4-3-5-26(18-20)33(24-11-7-22(31)8-12-24)25-13-9-23(32)10-14-25/h3-15,18-19H,16-17H2,1-2H3. The van der Waals surface area contributed by atoms with E-state index in [1.807, 2.05) is 0 Å². The van der Waals surface area contributed by atoms with Crippen LogP contribution < -0.4 is 4.90 Å². The minimum atomic E-state index is -0.168. The highest BCUT2D eigenvalue weighted by atomic mass is 79.9. The van der Waals surface area contributed by atoms with Gasteiger partial charge in [-0.1, -0.05) is 56.1 Å².